The maximum atomic E-state index is 12.9. The number of hydrogen-bond donors (Lipinski definition) is 4. The lowest BCUT2D eigenvalue weighted by molar-refractivity contribution is -0.121. The van der Waals surface area contributed by atoms with Crippen LogP contribution >= 0.6 is 0 Å². The van der Waals surface area contributed by atoms with Gasteiger partial charge < -0.3 is 30.6 Å². The molecule has 0 saturated carbocycles. The van der Waals surface area contributed by atoms with Gasteiger partial charge in [0.25, 0.3) is 0 Å². The van der Waals surface area contributed by atoms with Gasteiger partial charge in [-0.3, -0.25) is 19.5 Å². The number of likely N-dealkylation sites (N-methyl/N-ethyl adjacent to an activating group) is 1. The normalized spacial score (nSPS) is 25.2. The van der Waals surface area contributed by atoms with Crippen LogP contribution in [0.15, 0.2) is 51.1 Å². The standard InChI is InChI=1S/C23H29N7O3/c1-24-19-20(22(32)18-16(21(19)31)13-25-14-28-18)26-5-2-7-29-8-10-30(11-9-29)23-15-4-12-33-17(15)3-6-27-23/h3-4,6,12-14,18,23-24,26-27H,2,5,7-11H2,1H3,(H,25,28). The van der Waals surface area contributed by atoms with Crippen molar-refractivity contribution in [3.63, 3.8) is 0 Å². The highest BCUT2D eigenvalue weighted by Crippen LogP contribution is 2.28. The van der Waals surface area contributed by atoms with E-state index in [0.717, 1.165) is 44.9 Å². The molecule has 1 aliphatic carbocycles. The van der Waals surface area contributed by atoms with E-state index >= 15 is 0 Å². The first-order chi connectivity index (χ1) is 16.2. The van der Waals surface area contributed by atoms with E-state index in [-0.39, 0.29) is 17.7 Å². The van der Waals surface area contributed by atoms with Crippen molar-refractivity contribution in [3.05, 3.63) is 53.0 Å². The molecule has 2 unspecified atom stereocenters. The van der Waals surface area contributed by atoms with E-state index in [1.54, 1.807) is 19.5 Å². The maximum absolute atomic E-state index is 12.9. The van der Waals surface area contributed by atoms with Crippen molar-refractivity contribution in [1.29, 1.82) is 0 Å². The number of hydrogen-bond acceptors (Lipinski definition) is 10. The van der Waals surface area contributed by atoms with Gasteiger partial charge in [0.1, 0.15) is 29.4 Å². The minimum atomic E-state index is -0.759. The second kappa shape index (κ2) is 9.24. The number of allylic oxidation sites excluding steroid dienone is 1. The van der Waals surface area contributed by atoms with Crippen molar-refractivity contribution in [2.24, 2.45) is 4.99 Å². The van der Waals surface area contributed by atoms with Crippen molar-refractivity contribution in [3.8, 4) is 0 Å². The summed E-state index contributed by atoms with van der Waals surface area (Å²) in [5, 5.41) is 12.3. The fourth-order valence-electron chi connectivity index (χ4n) is 4.79. The summed E-state index contributed by atoms with van der Waals surface area (Å²) in [5.41, 5.74) is 2.20. The van der Waals surface area contributed by atoms with Crippen LogP contribution in [0.2, 0.25) is 0 Å². The second-order valence-corrected chi connectivity index (χ2v) is 8.44. The molecular weight excluding hydrogens is 422 g/mol. The van der Waals surface area contributed by atoms with E-state index in [1.807, 2.05) is 18.3 Å². The number of ketones is 2. The topological polar surface area (TPSA) is 114 Å². The van der Waals surface area contributed by atoms with Crippen LogP contribution in [-0.2, 0) is 9.59 Å². The highest BCUT2D eigenvalue weighted by Gasteiger charge is 2.39. The summed E-state index contributed by atoms with van der Waals surface area (Å²) in [7, 11) is 1.66. The summed E-state index contributed by atoms with van der Waals surface area (Å²) in [5.74, 6) is 0.553. The molecule has 4 N–H and O–H groups in total. The summed E-state index contributed by atoms with van der Waals surface area (Å²) in [4.78, 5) is 34.7. The van der Waals surface area contributed by atoms with E-state index in [4.69, 9.17) is 4.42 Å². The molecule has 5 rings (SSSR count). The molecule has 4 heterocycles. The molecule has 0 bridgehead atoms. The number of rotatable bonds is 7. The van der Waals surface area contributed by atoms with E-state index in [1.165, 1.54) is 11.9 Å². The Kier molecular flexibility index (Phi) is 6.01. The van der Waals surface area contributed by atoms with Crippen LogP contribution in [0.5, 0.6) is 0 Å². The van der Waals surface area contributed by atoms with E-state index in [2.05, 4.69) is 36.1 Å². The number of furan rings is 1. The van der Waals surface area contributed by atoms with Crippen molar-refractivity contribution in [2.75, 3.05) is 46.3 Å². The summed E-state index contributed by atoms with van der Waals surface area (Å²) in [6.45, 7) is 5.43. The Bertz CT molecular complexity index is 1050. The van der Waals surface area contributed by atoms with Crippen molar-refractivity contribution >= 4 is 24.0 Å². The smallest absolute Gasteiger partial charge is 0.211 e. The molecule has 0 aromatic carbocycles. The summed E-state index contributed by atoms with van der Waals surface area (Å²) in [6, 6.07) is 1.28. The van der Waals surface area contributed by atoms with Gasteiger partial charge >= 0.3 is 0 Å². The molecule has 33 heavy (non-hydrogen) atoms. The summed E-state index contributed by atoms with van der Waals surface area (Å²) in [6.07, 6.45) is 9.69. The highest BCUT2D eigenvalue weighted by molar-refractivity contribution is 6.23. The van der Waals surface area contributed by atoms with Crippen LogP contribution in [0.4, 0.5) is 0 Å². The number of carbonyl (C=O) groups excluding carboxylic acids is 2. The minimum Gasteiger partial charge on any atom is -0.465 e. The van der Waals surface area contributed by atoms with Crippen LogP contribution in [-0.4, -0.2) is 80.1 Å². The molecule has 10 nitrogen and oxygen atoms in total. The van der Waals surface area contributed by atoms with Crippen molar-refractivity contribution in [2.45, 2.75) is 18.6 Å². The third-order valence-corrected chi connectivity index (χ3v) is 6.55. The molecule has 174 valence electrons. The zero-order valence-electron chi connectivity index (χ0n) is 18.6. The Morgan fingerprint density at radius 3 is 2.88 bits per heavy atom. The van der Waals surface area contributed by atoms with Gasteiger partial charge in [-0.05, 0) is 25.1 Å². The molecular formula is C23H29N7O3. The van der Waals surface area contributed by atoms with Crippen LogP contribution in [0.3, 0.4) is 0 Å². The number of nitrogens with one attached hydrogen (secondary N) is 4. The van der Waals surface area contributed by atoms with E-state index < -0.39 is 6.04 Å². The molecule has 3 aliphatic heterocycles. The maximum Gasteiger partial charge on any atom is 0.211 e. The van der Waals surface area contributed by atoms with Gasteiger partial charge in [-0.2, -0.15) is 0 Å². The Balaban J connectivity index is 1.11. The van der Waals surface area contributed by atoms with Gasteiger partial charge in [-0.25, -0.2) is 0 Å². The Hall–Kier alpha value is -3.37. The first-order valence-electron chi connectivity index (χ1n) is 11.4. The number of Topliss-reactive ketones (excluding diaryl/α,β-unsaturated/α-hetero) is 2. The fraction of sp³-hybridized carbons (Fsp3) is 0.435. The molecule has 4 aliphatic rings. The summed E-state index contributed by atoms with van der Waals surface area (Å²) < 4.78 is 5.53. The molecule has 1 saturated heterocycles. The first-order valence-corrected chi connectivity index (χ1v) is 11.4. The minimum absolute atomic E-state index is 0.158. The molecule has 1 fully saturated rings. The third kappa shape index (κ3) is 4.07. The van der Waals surface area contributed by atoms with Crippen LogP contribution < -0.4 is 21.3 Å². The van der Waals surface area contributed by atoms with E-state index in [9.17, 15) is 9.59 Å². The first kappa shape index (κ1) is 21.5. The largest absolute Gasteiger partial charge is 0.465 e. The lowest BCUT2D eigenvalue weighted by atomic mass is 9.88. The average Bonchev–Trinajstić information content (AvgIpc) is 3.34. The fourth-order valence-corrected chi connectivity index (χ4v) is 4.79. The zero-order valence-corrected chi connectivity index (χ0v) is 18.6. The highest BCUT2D eigenvalue weighted by atomic mass is 16.3. The molecule has 2 atom stereocenters. The third-order valence-electron chi connectivity index (χ3n) is 6.55. The molecule has 1 aromatic rings. The predicted molar refractivity (Wildman–Crippen MR) is 124 cm³/mol. The lowest BCUT2D eigenvalue weighted by Crippen LogP contribution is -2.50. The second-order valence-electron chi connectivity index (χ2n) is 8.44. The molecule has 1 aromatic heterocycles. The summed E-state index contributed by atoms with van der Waals surface area (Å²) >= 11 is 0. The Labute approximate surface area is 192 Å². The van der Waals surface area contributed by atoms with Crippen LogP contribution in [0.25, 0.3) is 6.08 Å². The Morgan fingerprint density at radius 1 is 1.21 bits per heavy atom. The van der Waals surface area contributed by atoms with Gasteiger partial charge in [0.05, 0.1) is 18.2 Å². The monoisotopic (exact) mass is 451 g/mol. The van der Waals surface area contributed by atoms with Crippen LogP contribution in [0.1, 0.15) is 23.9 Å². The van der Waals surface area contributed by atoms with Crippen molar-refractivity contribution in [1.82, 2.24) is 31.1 Å². The SMILES string of the molecule is CNC1=C(NCCCN2CCN(C3NC=Cc4occc43)CC2)C(=O)C2N=CNC=C2C1=O. The number of nitrogens with zero attached hydrogens (tertiary/aromatic N) is 3. The van der Waals surface area contributed by atoms with E-state index in [0.29, 0.717) is 23.5 Å². The van der Waals surface area contributed by atoms with Gasteiger partial charge in [0.2, 0.25) is 11.6 Å². The lowest BCUT2D eigenvalue weighted by Gasteiger charge is -2.40. The Morgan fingerprint density at radius 2 is 2.06 bits per heavy atom. The van der Waals surface area contributed by atoms with Gasteiger partial charge in [-0.1, -0.05) is 0 Å². The predicted octanol–water partition coefficient (Wildman–Crippen LogP) is -0.0838. The van der Waals surface area contributed by atoms with Gasteiger partial charge in [0, 0.05) is 57.7 Å². The molecule has 0 radical (unpaired) electrons. The number of piperazine rings is 1. The zero-order chi connectivity index (χ0) is 22.8. The molecule has 0 spiro atoms. The average molecular weight is 452 g/mol. The quantitative estimate of drug-likeness (QED) is 0.423. The van der Waals surface area contributed by atoms with Crippen molar-refractivity contribution < 1.29 is 14.0 Å². The van der Waals surface area contributed by atoms with Gasteiger partial charge in [0.15, 0.2) is 0 Å². The number of fused-ring (bicyclic) bond motifs is 2. The number of aliphatic imine (C=N–C) groups is 1. The van der Waals surface area contributed by atoms with Crippen LogP contribution in [0, 0.1) is 0 Å². The van der Waals surface area contributed by atoms with Gasteiger partial charge in [-0.15, -0.1) is 0 Å². The molecule has 0 amide bonds. The molecule has 10 heteroatoms. The number of carbonyl (C=O) groups is 2.